The molecule has 9 heteroatoms. The number of hydrogen-bond acceptors (Lipinski definition) is 6. The van der Waals surface area contributed by atoms with Gasteiger partial charge in [-0.25, -0.2) is 0 Å². The lowest BCUT2D eigenvalue weighted by Crippen LogP contribution is -2.49. The Balaban J connectivity index is 1.65. The van der Waals surface area contributed by atoms with Crippen LogP contribution in [0.25, 0.3) is 0 Å². The lowest BCUT2D eigenvalue weighted by Gasteiger charge is -2.39. The number of nitrogens with one attached hydrogen (secondary N) is 1. The van der Waals surface area contributed by atoms with Gasteiger partial charge in [-0.1, -0.05) is 0 Å². The average molecular weight is 455 g/mol. The van der Waals surface area contributed by atoms with Gasteiger partial charge in [-0.2, -0.15) is 5.10 Å². The smallest absolute Gasteiger partial charge is 0.272 e. The van der Waals surface area contributed by atoms with E-state index in [0.29, 0.717) is 25.9 Å². The molecule has 0 spiro atoms. The van der Waals surface area contributed by atoms with Crippen LogP contribution in [-0.4, -0.2) is 57.9 Å². The zero-order valence-corrected chi connectivity index (χ0v) is 17.7. The van der Waals surface area contributed by atoms with Gasteiger partial charge in [0.05, 0.1) is 15.9 Å². The van der Waals surface area contributed by atoms with Gasteiger partial charge in [-0.05, 0) is 60.0 Å². The van der Waals surface area contributed by atoms with Crippen LogP contribution in [0, 0.1) is 0 Å². The van der Waals surface area contributed by atoms with Gasteiger partial charge in [0.25, 0.3) is 5.91 Å². The van der Waals surface area contributed by atoms with Crippen molar-refractivity contribution in [2.24, 2.45) is 5.10 Å². The molecule has 2 aliphatic heterocycles. The topological polar surface area (TPSA) is 85.2 Å². The fourth-order valence-corrected chi connectivity index (χ4v) is 4.67. The van der Waals surface area contributed by atoms with E-state index in [1.54, 1.807) is 40.3 Å². The van der Waals surface area contributed by atoms with Gasteiger partial charge in [0.15, 0.2) is 6.23 Å². The van der Waals surface area contributed by atoms with Gasteiger partial charge >= 0.3 is 0 Å². The molecule has 0 radical (unpaired) electrons. The highest BCUT2D eigenvalue weighted by molar-refractivity contribution is 9.11. The first kappa shape index (κ1) is 20.0. The van der Waals surface area contributed by atoms with Crippen molar-refractivity contribution >= 4 is 44.8 Å². The van der Waals surface area contributed by atoms with Crippen molar-refractivity contribution in [1.82, 2.24) is 15.2 Å². The van der Waals surface area contributed by atoms with Crippen molar-refractivity contribution < 1.29 is 14.7 Å². The van der Waals surface area contributed by atoms with Crippen LogP contribution in [0.2, 0.25) is 0 Å². The molecule has 2 N–H and O–H groups in total. The summed E-state index contributed by atoms with van der Waals surface area (Å²) in [7, 11) is 0. The summed E-state index contributed by atoms with van der Waals surface area (Å²) in [4.78, 5) is 26.9. The number of hydrogen-bond donors (Lipinski definition) is 2. The molecule has 7 nitrogen and oxygen atoms in total. The molecule has 0 aliphatic carbocycles. The minimum absolute atomic E-state index is 0.00553. The second kappa shape index (κ2) is 8.53. The van der Waals surface area contributed by atoms with Gasteiger partial charge in [-0.3, -0.25) is 14.6 Å². The Hall–Kier alpha value is -1.71. The van der Waals surface area contributed by atoms with Crippen LogP contribution in [0.15, 0.2) is 33.2 Å². The van der Waals surface area contributed by atoms with E-state index < -0.39 is 6.23 Å². The molecule has 0 aromatic carbocycles. The first-order valence-corrected chi connectivity index (χ1v) is 10.5. The van der Waals surface area contributed by atoms with Gasteiger partial charge in [-0.15, -0.1) is 11.3 Å². The lowest BCUT2D eigenvalue weighted by atomic mass is 10.0. The molecule has 3 heterocycles. The van der Waals surface area contributed by atoms with Crippen molar-refractivity contribution in [3.8, 4) is 0 Å². The number of aliphatic hydroxyl groups excluding tert-OH is 1. The fourth-order valence-electron chi connectivity index (χ4n) is 3.25. The third-order valence-corrected chi connectivity index (χ3v) is 6.61. The van der Waals surface area contributed by atoms with E-state index in [2.05, 4.69) is 26.3 Å². The first-order valence-electron chi connectivity index (χ1n) is 8.90. The van der Waals surface area contributed by atoms with Crippen molar-refractivity contribution in [1.29, 1.82) is 0 Å². The number of piperidine rings is 1. The van der Waals surface area contributed by atoms with Crippen LogP contribution in [0.3, 0.4) is 0 Å². The summed E-state index contributed by atoms with van der Waals surface area (Å²) in [5.41, 5.74) is 0.275. The van der Waals surface area contributed by atoms with Crippen LogP contribution in [0.4, 0.5) is 0 Å². The molecule has 3 rings (SSSR count). The summed E-state index contributed by atoms with van der Waals surface area (Å²) in [6, 6.07) is 3.78. The molecule has 1 unspecified atom stereocenters. The second-order valence-corrected chi connectivity index (χ2v) is 9.21. The SMILES string of the molecule is CC(=O)N1CCC(N2N=C(C(=O)N[C@H](C)c3ccc(Br)s3)C=CC2O)CC1. The van der Waals surface area contributed by atoms with E-state index in [4.69, 9.17) is 0 Å². The molecule has 2 atom stereocenters. The Morgan fingerprint density at radius 3 is 2.67 bits per heavy atom. The van der Waals surface area contributed by atoms with Gasteiger partial charge in [0.1, 0.15) is 5.71 Å². The van der Waals surface area contributed by atoms with E-state index >= 15 is 0 Å². The summed E-state index contributed by atoms with van der Waals surface area (Å²) in [6.07, 6.45) is 3.69. The molecule has 2 amide bonds. The highest BCUT2D eigenvalue weighted by Gasteiger charge is 2.30. The number of hydrazone groups is 1. The molecular weight excluding hydrogens is 432 g/mol. The maximum atomic E-state index is 12.6. The number of rotatable bonds is 4. The molecule has 1 aromatic rings. The molecule has 0 saturated carbocycles. The number of amides is 2. The highest BCUT2D eigenvalue weighted by atomic mass is 79.9. The van der Waals surface area contributed by atoms with E-state index in [9.17, 15) is 14.7 Å². The number of thiophene rings is 1. The van der Waals surface area contributed by atoms with E-state index in [0.717, 1.165) is 8.66 Å². The molecule has 1 aromatic heterocycles. The fraction of sp³-hybridized carbons (Fsp3) is 0.500. The third kappa shape index (κ3) is 4.77. The zero-order chi connectivity index (χ0) is 19.6. The van der Waals surface area contributed by atoms with Crippen LogP contribution >= 0.6 is 27.3 Å². The number of nitrogens with zero attached hydrogens (tertiary/aromatic N) is 3. The largest absolute Gasteiger partial charge is 0.369 e. The third-order valence-electron chi connectivity index (χ3n) is 4.81. The Morgan fingerprint density at radius 2 is 2.07 bits per heavy atom. The number of likely N-dealkylation sites (tertiary alicyclic amines) is 1. The Morgan fingerprint density at radius 1 is 1.37 bits per heavy atom. The Bertz CT molecular complexity index is 770. The number of aliphatic hydroxyl groups is 1. The summed E-state index contributed by atoms with van der Waals surface area (Å²) < 4.78 is 1.01. The van der Waals surface area contributed by atoms with Gasteiger partial charge < -0.3 is 15.3 Å². The van der Waals surface area contributed by atoms with E-state index in [1.807, 2.05) is 19.1 Å². The minimum Gasteiger partial charge on any atom is -0.369 e. The number of carbonyl (C=O) groups excluding carboxylic acids is 2. The molecule has 2 aliphatic rings. The summed E-state index contributed by atoms with van der Waals surface area (Å²) in [6.45, 7) is 4.75. The molecule has 0 bridgehead atoms. The van der Waals surface area contributed by atoms with Crippen molar-refractivity contribution in [3.63, 3.8) is 0 Å². The standard InChI is InChI=1S/C18H23BrN4O3S/c1-11(15-4-5-16(19)27-15)20-18(26)14-3-6-17(25)23(21-14)13-7-9-22(10-8-13)12(2)24/h3-6,11,13,17,25H,7-10H2,1-2H3,(H,20,26)/t11-,17?/m1/s1. The monoisotopic (exact) mass is 454 g/mol. The molecule has 1 fully saturated rings. The highest BCUT2D eigenvalue weighted by Crippen LogP contribution is 2.27. The normalized spacial score (nSPS) is 21.8. The quantitative estimate of drug-likeness (QED) is 0.730. The van der Waals surface area contributed by atoms with Gasteiger partial charge in [0, 0.05) is 24.9 Å². The first-order chi connectivity index (χ1) is 12.8. The molecular formula is C18H23BrN4O3S. The lowest BCUT2D eigenvalue weighted by molar-refractivity contribution is -0.130. The van der Waals surface area contributed by atoms with Crippen LogP contribution in [-0.2, 0) is 9.59 Å². The summed E-state index contributed by atoms with van der Waals surface area (Å²) >= 11 is 5.00. The van der Waals surface area contributed by atoms with Crippen molar-refractivity contribution in [3.05, 3.63) is 32.9 Å². The number of carbonyl (C=O) groups is 2. The predicted octanol–water partition coefficient (Wildman–Crippen LogP) is 2.24. The summed E-state index contributed by atoms with van der Waals surface area (Å²) in [5.74, 6) is -0.216. The van der Waals surface area contributed by atoms with Crippen molar-refractivity contribution in [2.45, 2.75) is 45.0 Å². The Labute approximate surface area is 170 Å². The maximum absolute atomic E-state index is 12.6. The zero-order valence-electron chi connectivity index (χ0n) is 15.3. The summed E-state index contributed by atoms with van der Waals surface area (Å²) in [5, 5.41) is 19.2. The average Bonchev–Trinajstić information content (AvgIpc) is 3.08. The molecule has 146 valence electrons. The molecule has 27 heavy (non-hydrogen) atoms. The van der Waals surface area contributed by atoms with Crippen LogP contribution in [0.1, 0.15) is 37.6 Å². The second-order valence-electron chi connectivity index (χ2n) is 6.71. The van der Waals surface area contributed by atoms with Crippen molar-refractivity contribution in [2.75, 3.05) is 13.1 Å². The van der Waals surface area contributed by atoms with Crippen LogP contribution < -0.4 is 5.32 Å². The minimum atomic E-state index is -0.860. The predicted molar refractivity (Wildman–Crippen MR) is 108 cm³/mol. The van der Waals surface area contributed by atoms with Gasteiger partial charge in [0.2, 0.25) is 5.91 Å². The number of halogens is 1. The van der Waals surface area contributed by atoms with E-state index in [1.165, 1.54) is 0 Å². The Kier molecular flexibility index (Phi) is 6.33. The maximum Gasteiger partial charge on any atom is 0.272 e. The molecule has 1 saturated heterocycles. The van der Waals surface area contributed by atoms with Crippen LogP contribution in [0.5, 0.6) is 0 Å². The van der Waals surface area contributed by atoms with E-state index in [-0.39, 0.29) is 29.6 Å².